The minimum absolute atomic E-state index is 0.00154. The number of amides is 7. The quantitative estimate of drug-likeness (QED) is 0.0372. The first-order chi connectivity index (χ1) is 34.9. The summed E-state index contributed by atoms with van der Waals surface area (Å²) in [5.41, 5.74) is 12.6. The van der Waals surface area contributed by atoms with Gasteiger partial charge in [0.05, 0.1) is 29.7 Å². The smallest absolute Gasteiger partial charge is 0.327 e. The van der Waals surface area contributed by atoms with Gasteiger partial charge in [-0.1, -0.05) is 93.6 Å². The molecule has 2 aromatic rings. The van der Waals surface area contributed by atoms with E-state index in [-0.39, 0.29) is 49.5 Å². The third-order valence-corrected chi connectivity index (χ3v) is 12.2. The van der Waals surface area contributed by atoms with Gasteiger partial charge in [-0.3, -0.25) is 38.6 Å². The average Bonchev–Trinajstić information content (AvgIpc) is 3.35. The van der Waals surface area contributed by atoms with Gasteiger partial charge in [-0.05, 0) is 62.8 Å². The first-order valence-corrected chi connectivity index (χ1v) is 23.9. The topological polar surface area (TPSA) is 372 Å². The summed E-state index contributed by atoms with van der Waals surface area (Å²) >= 11 is 0. The molecule has 7 amide bonds. The highest BCUT2D eigenvalue weighted by Gasteiger charge is 2.37. The van der Waals surface area contributed by atoms with Gasteiger partial charge in [-0.2, -0.15) is 0 Å². The number of hydrogen-bond acceptors (Lipinski definition) is 12. The average molecular weight is 1030 g/mol. The molecule has 10 unspecified atom stereocenters. The number of phenols is 1. The van der Waals surface area contributed by atoms with E-state index in [1.165, 1.54) is 51.1 Å². The number of nitrogens with two attached hydrogens (primary N) is 2. The molecule has 1 aliphatic rings. The maximum Gasteiger partial charge on any atom is 0.327 e. The Bertz CT molecular complexity index is 2420. The van der Waals surface area contributed by atoms with Crippen LogP contribution in [0.5, 0.6) is 5.75 Å². The molecule has 10 atom stereocenters. The molecule has 1 heterocycles. The lowest BCUT2D eigenvalue weighted by molar-refractivity contribution is -0.146. The fraction of sp³-hybridized carbons (Fsp3) is 0.451. The van der Waals surface area contributed by atoms with Crippen LogP contribution in [0.15, 0.2) is 95.7 Å². The zero-order chi connectivity index (χ0) is 55.2. The fourth-order valence-corrected chi connectivity index (χ4v) is 7.66. The van der Waals surface area contributed by atoms with Crippen LogP contribution in [0, 0.1) is 17.8 Å². The van der Waals surface area contributed by atoms with Crippen molar-refractivity contribution in [3.8, 4) is 5.75 Å². The predicted molar refractivity (Wildman–Crippen MR) is 272 cm³/mol. The van der Waals surface area contributed by atoms with Crippen molar-refractivity contribution in [2.24, 2.45) is 34.2 Å². The lowest BCUT2D eigenvalue weighted by atomic mass is 9.94. The van der Waals surface area contributed by atoms with Gasteiger partial charge in [0.1, 0.15) is 36.0 Å². The van der Waals surface area contributed by atoms with E-state index in [1.54, 1.807) is 20.1 Å². The molecular formula is C51H70N10O13. The number of phenolic OH excluding ortho intramolecular Hbond substituents is 1. The molecule has 1 saturated heterocycles. The zero-order valence-corrected chi connectivity index (χ0v) is 42.4. The number of rotatable bonds is 15. The van der Waals surface area contributed by atoms with Crippen molar-refractivity contribution in [2.45, 2.75) is 115 Å². The van der Waals surface area contributed by atoms with Crippen molar-refractivity contribution in [2.75, 3.05) is 13.7 Å². The van der Waals surface area contributed by atoms with Gasteiger partial charge < -0.3 is 68.7 Å². The van der Waals surface area contributed by atoms with Gasteiger partial charge >= 0.3 is 11.9 Å². The van der Waals surface area contributed by atoms with Crippen LogP contribution in [0.4, 0.5) is 0 Å². The van der Waals surface area contributed by atoms with Crippen molar-refractivity contribution in [1.29, 1.82) is 0 Å². The largest absolute Gasteiger partial charge is 0.508 e. The number of carboxylic acids is 2. The van der Waals surface area contributed by atoms with Crippen molar-refractivity contribution in [3.05, 3.63) is 102 Å². The molecule has 23 nitrogen and oxygen atoms in total. The number of benzene rings is 2. The Labute approximate surface area is 429 Å². The summed E-state index contributed by atoms with van der Waals surface area (Å²) in [4.78, 5) is 125. The summed E-state index contributed by atoms with van der Waals surface area (Å²) in [5, 5.41) is 47.4. The number of nitrogens with zero attached hydrogens (tertiary/aromatic N) is 1. The Morgan fingerprint density at radius 2 is 1.42 bits per heavy atom. The van der Waals surface area contributed by atoms with Crippen LogP contribution in [0.1, 0.15) is 71.4 Å². The summed E-state index contributed by atoms with van der Waals surface area (Å²) in [6, 6.07) is 6.04. The molecule has 1 aliphatic heterocycles. The van der Waals surface area contributed by atoms with E-state index in [4.69, 9.17) is 16.2 Å². The summed E-state index contributed by atoms with van der Waals surface area (Å²) in [6.07, 6.45) is 4.15. The second-order valence-electron chi connectivity index (χ2n) is 18.1. The maximum absolute atomic E-state index is 14.4. The van der Waals surface area contributed by atoms with Crippen LogP contribution in [-0.2, 0) is 60.7 Å². The third-order valence-electron chi connectivity index (χ3n) is 12.2. The van der Waals surface area contributed by atoms with E-state index in [0.717, 1.165) is 5.56 Å². The molecule has 0 aliphatic carbocycles. The Morgan fingerprint density at radius 1 is 0.797 bits per heavy atom. The van der Waals surface area contributed by atoms with E-state index in [1.807, 2.05) is 43.3 Å². The highest BCUT2D eigenvalue weighted by molar-refractivity contribution is 6.00. The number of aromatic hydroxyl groups is 1. The Morgan fingerprint density at radius 3 is 2.03 bits per heavy atom. The number of nitrogens with one attached hydrogen (secondary N) is 7. The fourth-order valence-electron chi connectivity index (χ4n) is 7.66. The van der Waals surface area contributed by atoms with Crippen LogP contribution in [-0.4, -0.2) is 131 Å². The molecule has 0 aromatic heterocycles. The van der Waals surface area contributed by atoms with Gasteiger partial charge in [-0.15, -0.1) is 0 Å². The molecule has 0 bridgehead atoms. The van der Waals surface area contributed by atoms with Gasteiger partial charge in [0, 0.05) is 32.4 Å². The van der Waals surface area contributed by atoms with Crippen LogP contribution in [0.2, 0.25) is 0 Å². The monoisotopic (exact) mass is 1030 g/mol. The van der Waals surface area contributed by atoms with Crippen molar-refractivity contribution < 1.29 is 63.2 Å². The second-order valence-corrected chi connectivity index (χ2v) is 18.1. The van der Waals surface area contributed by atoms with E-state index in [0.29, 0.717) is 17.6 Å². The molecule has 0 saturated carbocycles. The molecule has 23 heteroatoms. The number of methoxy groups -OCH3 is 1. The lowest BCUT2D eigenvalue weighted by Crippen LogP contribution is -2.59. The number of carboxylic acid groups (broad SMARTS) is 2. The van der Waals surface area contributed by atoms with E-state index < -0.39 is 120 Å². The van der Waals surface area contributed by atoms with E-state index in [2.05, 4.69) is 48.8 Å². The Kier molecular flexibility index (Phi) is 24.0. The molecule has 14 N–H and O–H groups in total. The number of ether oxygens (including phenoxy) is 1. The molecular weight excluding hydrogens is 961 g/mol. The first kappa shape index (κ1) is 60.2. The summed E-state index contributed by atoms with van der Waals surface area (Å²) in [5.74, 6) is -13.1. The van der Waals surface area contributed by atoms with E-state index >= 15 is 0 Å². The minimum Gasteiger partial charge on any atom is -0.508 e. The van der Waals surface area contributed by atoms with Crippen LogP contribution >= 0.6 is 0 Å². The van der Waals surface area contributed by atoms with Crippen molar-refractivity contribution >= 4 is 59.2 Å². The SMILES string of the molecule is C=C1NC(=O)CCC(C(=O)O)NC(=O)C(C)C(C=CC(C)=CC(C)C(Cc2ccccc2)OC)NC(=O)C(CCCN=C(N)N)NC(=O)C(C)C(C(=O)O)NC(=O)C(Cc2ccc(O)cc2)NC(=O)C(C)NC1=O. The highest BCUT2D eigenvalue weighted by atomic mass is 16.5. The maximum atomic E-state index is 14.4. The minimum atomic E-state index is -1.96. The summed E-state index contributed by atoms with van der Waals surface area (Å²) in [7, 11) is 1.60. The molecule has 2 aromatic carbocycles. The number of carbonyl (C=O) groups is 9. The van der Waals surface area contributed by atoms with Gasteiger partial charge in [0.2, 0.25) is 35.4 Å². The molecule has 402 valence electrons. The van der Waals surface area contributed by atoms with Gasteiger partial charge in [-0.25, -0.2) is 9.59 Å². The lowest BCUT2D eigenvalue weighted by Gasteiger charge is -2.28. The molecule has 3 rings (SSSR count). The van der Waals surface area contributed by atoms with Crippen LogP contribution in [0.25, 0.3) is 0 Å². The number of allylic oxidation sites excluding steroid dienone is 2. The van der Waals surface area contributed by atoms with Crippen molar-refractivity contribution in [3.63, 3.8) is 0 Å². The summed E-state index contributed by atoms with van der Waals surface area (Å²) in [6.45, 7) is 11.1. The number of guanidine groups is 1. The predicted octanol–water partition coefficient (Wildman–Crippen LogP) is 0.178. The van der Waals surface area contributed by atoms with Crippen LogP contribution in [0.3, 0.4) is 0 Å². The number of hydrogen-bond donors (Lipinski definition) is 12. The first-order valence-electron chi connectivity index (χ1n) is 23.9. The standard InChI is InChI=1S/C51H70N10O13/c1-27(24-28(2)40(74-7)26-33-12-9-8-10-13-33)15-20-36-29(3)43(64)59-38(49(70)71)21-22-41(63)55-31(5)45(66)56-32(6)46(67)60-39(25-34-16-18-35(62)19-17-34)48(69)61-42(50(72)73)30(4)44(65)58-37(47(68)57-36)14-11-23-54-51(52)53/h8-10,12-13,15-20,24,28-30,32,36-40,42,62H,5,11,14,21-23,25-26H2,1-4,6-7H3,(H,55,63)(H,56,66)(H,57,68)(H,58,65)(H,59,64)(H,60,67)(H,61,69)(H,70,71)(H,72,73)(H4,52,53,54). The summed E-state index contributed by atoms with van der Waals surface area (Å²) < 4.78 is 5.81. The van der Waals surface area contributed by atoms with Gasteiger partial charge in [0.15, 0.2) is 5.96 Å². The molecule has 1 fully saturated rings. The number of aliphatic carboxylic acids is 2. The highest BCUT2D eigenvalue weighted by Crippen LogP contribution is 2.19. The number of aliphatic imine (C=N–C) groups is 1. The molecule has 0 radical (unpaired) electrons. The van der Waals surface area contributed by atoms with E-state index in [9.17, 15) is 58.5 Å². The van der Waals surface area contributed by atoms with Gasteiger partial charge in [0.25, 0.3) is 5.91 Å². The zero-order valence-electron chi connectivity index (χ0n) is 42.4. The third kappa shape index (κ3) is 19.8. The normalized spacial score (nSPS) is 24.5. The van der Waals surface area contributed by atoms with Crippen LogP contribution < -0.4 is 48.7 Å². The number of carbonyl (C=O) groups excluding carboxylic acids is 7. The molecule has 0 spiro atoms. The molecule has 74 heavy (non-hydrogen) atoms. The Balaban J connectivity index is 2.12. The second kappa shape index (κ2) is 29.4. The Hall–Kier alpha value is -8.08. The van der Waals surface area contributed by atoms with Crippen molar-refractivity contribution in [1.82, 2.24) is 37.2 Å².